The molecule has 34 heavy (non-hydrogen) atoms. The SMILES string of the molecule is CC(C)(C)C(CCc1cncnc1)(NC(=O)OCC1c2ccccc2-c2ccccc21)C(=O)O. The molecule has 1 aliphatic carbocycles. The van der Waals surface area contributed by atoms with Crippen LogP contribution in [0.15, 0.2) is 67.3 Å². The molecule has 0 saturated heterocycles. The topological polar surface area (TPSA) is 101 Å². The van der Waals surface area contributed by atoms with E-state index in [4.69, 9.17) is 4.74 Å². The number of hydrogen-bond donors (Lipinski definition) is 2. The molecule has 1 aliphatic rings. The largest absolute Gasteiger partial charge is 0.479 e. The molecule has 2 aromatic carbocycles. The van der Waals surface area contributed by atoms with E-state index < -0.39 is 23.0 Å². The van der Waals surface area contributed by atoms with Crippen LogP contribution in [0.4, 0.5) is 4.79 Å². The van der Waals surface area contributed by atoms with Gasteiger partial charge in [0.2, 0.25) is 0 Å². The van der Waals surface area contributed by atoms with Gasteiger partial charge in [-0.3, -0.25) is 0 Å². The number of nitrogens with one attached hydrogen (secondary N) is 1. The maximum absolute atomic E-state index is 13.0. The van der Waals surface area contributed by atoms with E-state index in [0.29, 0.717) is 6.42 Å². The van der Waals surface area contributed by atoms with Crippen molar-refractivity contribution in [3.8, 4) is 11.1 Å². The van der Waals surface area contributed by atoms with E-state index in [9.17, 15) is 14.7 Å². The maximum atomic E-state index is 13.0. The van der Waals surface area contributed by atoms with Gasteiger partial charge in [0.05, 0.1) is 0 Å². The second-order valence-corrected chi connectivity index (χ2v) is 9.66. The summed E-state index contributed by atoms with van der Waals surface area (Å²) >= 11 is 0. The molecule has 0 bridgehead atoms. The van der Waals surface area contributed by atoms with Gasteiger partial charge in [0.15, 0.2) is 0 Å². The molecule has 4 rings (SSSR count). The second-order valence-electron chi connectivity index (χ2n) is 9.66. The van der Waals surface area contributed by atoms with Crippen molar-refractivity contribution in [2.75, 3.05) is 6.61 Å². The van der Waals surface area contributed by atoms with Gasteiger partial charge in [0.25, 0.3) is 0 Å². The summed E-state index contributed by atoms with van der Waals surface area (Å²) in [5.74, 6) is -1.21. The third-order valence-corrected chi connectivity index (χ3v) is 6.71. The number of carboxylic acid groups (broad SMARTS) is 1. The number of aromatic nitrogens is 2. The number of rotatable bonds is 7. The summed E-state index contributed by atoms with van der Waals surface area (Å²) in [6.45, 7) is 5.51. The Labute approximate surface area is 199 Å². The zero-order chi connectivity index (χ0) is 24.3. The first-order valence-electron chi connectivity index (χ1n) is 11.3. The minimum atomic E-state index is -1.54. The lowest BCUT2D eigenvalue weighted by atomic mass is 9.70. The smallest absolute Gasteiger partial charge is 0.408 e. The summed E-state index contributed by atoms with van der Waals surface area (Å²) in [5.41, 5.74) is 2.94. The zero-order valence-electron chi connectivity index (χ0n) is 19.6. The van der Waals surface area contributed by atoms with Crippen molar-refractivity contribution in [1.82, 2.24) is 15.3 Å². The third kappa shape index (κ3) is 4.38. The summed E-state index contributed by atoms with van der Waals surface area (Å²) < 4.78 is 5.65. The first-order valence-corrected chi connectivity index (χ1v) is 11.3. The first kappa shape index (κ1) is 23.4. The monoisotopic (exact) mass is 459 g/mol. The molecular formula is C27H29N3O4. The van der Waals surface area contributed by atoms with Crippen molar-refractivity contribution < 1.29 is 19.4 Å². The van der Waals surface area contributed by atoms with Gasteiger partial charge in [-0.05, 0) is 46.1 Å². The number of aryl methyl sites for hydroxylation is 1. The van der Waals surface area contributed by atoms with Gasteiger partial charge in [-0.25, -0.2) is 19.6 Å². The normalized spacial score (nSPS) is 14.6. The lowest BCUT2D eigenvalue weighted by Gasteiger charge is -2.41. The summed E-state index contributed by atoms with van der Waals surface area (Å²) in [6.07, 6.45) is 4.54. The second kappa shape index (κ2) is 9.25. The number of aliphatic carboxylic acids is 1. The molecule has 0 fully saturated rings. The number of ether oxygens (including phenoxy) is 1. The van der Waals surface area contributed by atoms with Crippen LogP contribution >= 0.6 is 0 Å². The van der Waals surface area contributed by atoms with Crippen LogP contribution in [-0.4, -0.2) is 39.3 Å². The molecule has 0 saturated carbocycles. The van der Waals surface area contributed by atoms with Crippen LogP contribution in [0.1, 0.15) is 49.8 Å². The molecular weight excluding hydrogens is 430 g/mol. The molecule has 176 valence electrons. The van der Waals surface area contributed by atoms with Crippen molar-refractivity contribution in [3.63, 3.8) is 0 Å². The Balaban J connectivity index is 1.52. The highest BCUT2D eigenvalue weighted by molar-refractivity contribution is 5.85. The number of fused-ring (bicyclic) bond motifs is 3. The highest BCUT2D eigenvalue weighted by Crippen LogP contribution is 2.44. The Bertz CT molecular complexity index is 1140. The van der Waals surface area contributed by atoms with Gasteiger partial charge in [0.1, 0.15) is 18.5 Å². The molecule has 1 aromatic heterocycles. The summed E-state index contributed by atoms with van der Waals surface area (Å²) in [6, 6.07) is 16.1. The number of benzene rings is 2. The van der Waals surface area contributed by atoms with E-state index in [1.165, 1.54) is 6.33 Å². The molecule has 1 heterocycles. The van der Waals surface area contributed by atoms with Crippen LogP contribution in [0.3, 0.4) is 0 Å². The quantitative estimate of drug-likeness (QED) is 0.525. The molecule has 1 unspecified atom stereocenters. The van der Waals surface area contributed by atoms with Crippen molar-refractivity contribution in [1.29, 1.82) is 0 Å². The van der Waals surface area contributed by atoms with Crippen molar-refractivity contribution in [3.05, 3.63) is 83.9 Å². The van der Waals surface area contributed by atoms with E-state index in [0.717, 1.165) is 27.8 Å². The average molecular weight is 460 g/mol. The van der Waals surface area contributed by atoms with Gasteiger partial charge in [-0.1, -0.05) is 69.3 Å². The van der Waals surface area contributed by atoms with E-state index in [-0.39, 0.29) is 18.9 Å². The number of amides is 1. The van der Waals surface area contributed by atoms with E-state index in [1.54, 1.807) is 33.2 Å². The minimum absolute atomic E-state index is 0.103. The van der Waals surface area contributed by atoms with E-state index in [1.807, 2.05) is 36.4 Å². The Morgan fingerprint density at radius 2 is 1.53 bits per heavy atom. The number of carboxylic acids is 1. The molecule has 7 heteroatoms. The Kier molecular flexibility index (Phi) is 6.37. The molecule has 1 atom stereocenters. The Morgan fingerprint density at radius 1 is 0.971 bits per heavy atom. The fraction of sp³-hybridized carbons (Fsp3) is 0.333. The molecule has 0 aliphatic heterocycles. The minimum Gasteiger partial charge on any atom is -0.479 e. The average Bonchev–Trinajstić information content (AvgIpc) is 3.14. The molecule has 3 aromatic rings. The number of carbonyl (C=O) groups is 2. The lowest BCUT2D eigenvalue weighted by molar-refractivity contribution is -0.150. The van der Waals surface area contributed by atoms with Gasteiger partial charge in [-0.15, -0.1) is 0 Å². The van der Waals surface area contributed by atoms with Crippen LogP contribution in [0.2, 0.25) is 0 Å². The fourth-order valence-electron chi connectivity index (χ4n) is 4.71. The van der Waals surface area contributed by atoms with E-state index in [2.05, 4.69) is 27.4 Å². The van der Waals surface area contributed by atoms with Gasteiger partial charge < -0.3 is 15.2 Å². The van der Waals surface area contributed by atoms with E-state index >= 15 is 0 Å². The number of carbonyl (C=O) groups excluding carboxylic acids is 1. The highest BCUT2D eigenvalue weighted by Gasteiger charge is 2.50. The summed E-state index contributed by atoms with van der Waals surface area (Å²) in [4.78, 5) is 33.5. The standard InChI is InChI=1S/C27H29N3O4/c1-26(2,3)27(24(31)32,13-12-18-14-28-17-29-15-18)30-25(33)34-16-23-21-10-6-4-8-19(21)20-9-5-7-11-22(20)23/h4-11,14-15,17,23H,12-13,16H2,1-3H3,(H,30,33)(H,31,32). The van der Waals surface area contributed by atoms with Crippen LogP contribution in [0.5, 0.6) is 0 Å². The Hall–Kier alpha value is -3.74. The van der Waals surface area contributed by atoms with Crippen LogP contribution in [-0.2, 0) is 16.0 Å². The number of nitrogens with zero attached hydrogens (tertiary/aromatic N) is 2. The summed E-state index contributed by atoms with van der Waals surface area (Å²) in [5, 5.41) is 12.9. The van der Waals surface area contributed by atoms with Gasteiger partial charge in [0, 0.05) is 18.3 Å². The number of alkyl carbamates (subject to hydrolysis) is 1. The van der Waals surface area contributed by atoms with Gasteiger partial charge >= 0.3 is 12.1 Å². The van der Waals surface area contributed by atoms with Crippen molar-refractivity contribution in [2.24, 2.45) is 5.41 Å². The lowest BCUT2D eigenvalue weighted by Crippen LogP contribution is -2.62. The molecule has 0 radical (unpaired) electrons. The maximum Gasteiger partial charge on any atom is 0.408 e. The van der Waals surface area contributed by atoms with Crippen LogP contribution in [0.25, 0.3) is 11.1 Å². The predicted octanol–water partition coefficient (Wildman–Crippen LogP) is 4.82. The molecule has 7 nitrogen and oxygen atoms in total. The third-order valence-electron chi connectivity index (χ3n) is 6.71. The van der Waals surface area contributed by atoms with Crippen molar-refractivity contribution in [2.45, 2.75) is 45.1 Å². The van der Waals surface area contributed by atoms with Gasteiger partial charge in [-0.2, -0.15) is 0 Å². The van der Waals surface area contributed by atoms with Crippen molar-refractivity contribution >= 4 is 12.1 Å². The summed E-state index contributed by atoms with van der Waals surface area (Å²) in [7, 11) is 0. The predicted molar refractivity (Wildman–Crippen MR) is 128 cm³/mol. The fourth-order valence-corrected chi connectivity index (χ4v) is 4.71. The zero-order valence-corrected chi connectivity index (χ0v) is 19.6. The molecule has 1 amide bonds. The molecule has 0 spiro atoms. The molecule has 2 N–H and O–H groups in total. The number of hydrogen-bond acceptors (Lipinski definition) is 5. The highest BCUT2D eigenvalue weighted by atomic mass is 16.5. The van der Waals surface area contributed by atoms with Crippen LogP contribution < -0.4 is 5.32 Å². The van der Waals surface area contributed by atoms with Crippen LogP contribution in [0, 0.1) is 5.41 Å². The Morgan fingerprint density at radius 3 is 2.06 bits per heavy atom. The first-order chi connectivity index (χ1) is 16.2.